The van der Waals surface area contributed by atoms with E-state index in [1.54, 1.807) is 12.1 Å². The summed E-state index contributed by atoms with van der Waals surface area (Å²) < 4.78 is 28.3. The Morgan fingerprint density at radius 2 is 1.87 bits per heavy atom. The highest BCUT2D eigenvalue weighted by molar-refractivity contribution is 9.10. The molecule has 4 nitrogen and oxygen atoms in total. The maximum atomic E-state index is 12.9. The van der Waals surface area contributed by atoms with Crippen molar-refractivity contribution < 1.29 is 8.42 Å². The molecule has 1 aliphatic heterocycles. The summed E-state index contributed by atoms with van der Waals surface area (Å²) in [6.45, 7) is 2.71. The van der Waals surface area contributed by atoms with Gasteiger partial charge in [0.1, 0.15) is 0 Å². The number of sulfonamides is 1. The molecule has 2 N–H and O–H groups in total. The molecule has 0 fully saturated rings. The molecule has 0 bridgehead atoms. The van der Waals surface area contributed by atoms with Crippen molar-refractivity contribution in [3.63, 3.8) is 0 Å². The molecule has 1 unspecified atom stereocenters. The molecule has 0 saturated heterocycles. The molecule has 2 aromatic carbocycles. The number of nitrogens with zero attached hydrogens (tertiary/aromatic N) is 1. The molecular weight excluding hydrogens is 376 g/mol. The fourth-order valence-corrected chi connectivity index (χ4v) is 4.69. The van der Waals surface area contributed by atoms with Gasteiger partial charge in [-0.1, -0.05) is 39.7 Å². The summed E-state index contributed by atoms with van der Waals surface area (Å²) in [6, 6.07) is 12.7. The van der Waals surface area contributed by atoms with Gasteiger partial charge in [0, 0.05) is 23.6 Å². The van der Waals surface area contributed by atoms with E-state index in [1.165, 1.54) is 4.31 Å². The lowest BCUT2D eigenvalue weighted by atomic mass is 10.0. The minimum Gasteiger partial charge on any atom is -0.324 e. The lowest BCUT2D eigenvalue weighted by Crippen LogP contribution is -2.31. The van der Waals surface area contributed by atoms with Crippen LogP contribution < -0.4 is 5.73 Å². The van der Waals surface area contributed by atoms with E-state index in [1.807, 2.05) is 37.3 Å². The van der Waals surface area contributed by atoms with Crippen molar-refractivity contribution in [1.82, 2.24) is 4.31 Å². The van der Waals surface area contributed by atoms with E-state index < -0.39 is 10.0 Å². The summed E-state index contributed by atoms with van der Waals surface area (Å²) in [5.74, 6) is 0. The Bertz CT molecular complexity index is 819. The molecule has 6 heteroatoms. The second kappa shape index (κ2) is 6.36. The first-order valence-corrected chi connectivity index (χ1v) is 9.72. The molecule has 0 saturated carbocycles. The average molecular weight is 395 g/mol. The van der Waals surface area contributed by atoms with Crippen LogP contribution in [0.3, 0.4) is 0 Å². The number of halogens is 1. The van der Waals surface area contributed by atoms with Gasteiger partial charge >= 0.3 is 0 Å². The number of fused-ring (bicyclic) bond motifs is 1. The van der Waals surface area contributed by atoms with Crippen LogP contribution in [0.2, 0.25) is 0 Å². The van der Waals surface area contributed by atoms with Gasteiger partial charge in [0.25, 0.3) is 0 Å². The first-order chi connectivity index (χ1) is 10.9. The number of benzene rings is 2. The quantitative estimate of drug-likeness (QED) is 0.848. The predicted octanol–water partition coefficient (Wildman–Crippen LogP) is 3.35. The molecule has 0 spiro atoms. The SMILES string of the molecule is Cc1ccc(S(=O)(=O)N2CCC(N)c3ccc(Br)cc3C2)cc1. The van der Waals surface area contributed by atoms with Crippen LogP contribution in [-0.4, -0.2) is 19.3 Å². The Hall–Kier alpha value is -1.21. The number of hydrogen-bond acceptors (Lipinski definition) is 3. The Balaban J connectivity index is 1.99. The van der Waals surface area contributed by atoms with Crippen LogP contribution in [0.1, 0.15) is 29.2 Å². The highest BCUT2D eigenvalue weighted by Crippen LogP contribution is 2.30. The van der Waals surface area contributed by atoms with E-state index >= 15 is 0 Å². The predicted molar refractivity (Wildman–Crippen MR) is 94.5 cm³/mol. The van der Waals surface area contributed by atoms with Crippen LogP contribution >= 0.6 is 15.9 Å². The Kier molecular flexibility index (Phi) is 4.60. The second-order valence-corrected chi connectivity index (χ2v) is 8.74. The highest BCUT2D eigenvalue weighted by Gasteiger charge is 2.29. The summed E-state index contributed by atoms with van der Waals surface area (Å²) in [7, 11) is -3.52. The molecule has 2 aromatic rings. The zero-order valence-electron chi connectivity index (χ0n) is 12.9. The molecule has 1 heterocycles. The van der Waals surface area contributed by atoms with Gasteiger partial charge in [0.2, 0.25) is 10.0 Å². The van der Waals surface area contributed by atoms with Crippen molar-refractivity contribution in [2.75, 3.05) is 6.54 Å². The first kappa shape index (κ1) is 16.6. The smallest absolute Gasteiger partial charge is 0.243 e. The third-order valence-corrected chi connectivity index (χ3v) is 6.55. The van der Waals surface area contributed by atoms with Crippen LogP contribution in [-0.2, 0) is 16.6 Å². The van der Waals surface area contributed by atoms with Crippen LogP contribution in [0.15, 0.2) is 51.8 Å². The Morgan fingerprint density at radius 1 is 1.17 bits per heavy atom. The largest absolute Gasteiger partial charge is 0.324 e. The molecule has 0 aliphatic carbocycles. The van der Waals surface area contributed by atoms with E-state index in [4.69, 9.17) is 5.73 Å². The first-order valence-electron chi connectivity index (χ1n) is 7.48. The maximum Gasteiger partial charge on any atom is 0.243 e. The summed E-state index contributed by atoms with van der Waals surface area (Å²) in [5.41, 5.74) is 9.24. The molecule has 1 aliphatic rings. The van der Waals surface area contributed by atoms with E-state index in [2.05, 4.69) is 15.9 Å². The van der Waals surface area contributed by atoms with Crippen molar-refractivity contribution in [1.29, 1.82) is 0 Å². The second-order valence-electron chi connectivity index (χ2n) is 5.89. The molecule has 0 radical (unpaired) electrons. The minimum absolute atomic E-state index is 0.142. The Labute approximate surface area is 145 Å². The molecule has 23 heavy (non-hydrogen) atoms. The molecule has 0 amide bonds. The third kappa shape index (κ3) is 3.35. The van der Waals surface area contributed by atoms with E-state index in [9.17, 15) is 8.42 Å². The summed E-state index contributed by atoms with van der Waals surface area (Å²) in [4.78, 5) is 0.329. The average Bonchev–Trinajstić information content (AvgIpc) is 2.67. The summed E-state index contributed by atoms with van der Waals surface area (Å²) in [6.07, 6.45) is 0.611. The summed E-state index contributed by atoms with van der Waals surface area (Å²) >= 11 is 3.45. The Morgan fingerprint density at radius 3 is 2.57 bits per heavy atom. The normalized spacial score (nSPS) is 19.2. The fraction of sp³-hybridized carbons (Fsp3) is 0.294. The van der Waals surface area contributed by atoms with Crippen molar-refractivity contribution in [2.45, 2.75) is 30.8 Å². The molecule has 122 valence electrons. The van der Waals surface area contributed by atoms with E-state index in [0.717, 1.165) is 21.2 Å². The van der Waals surface area contributed by atoms with Gasteiger partial charge in [0.05, 0.1) is 4.90 Å². The number of nitrogens with two attached hydrogens (primary N) is 1. The lowest BCUT2D eigenvalue weighted by molar-refractivity contribution is 0.401. The van der Waals surface area contributed by atoms with Crippen molar-refractivity contribution in [3.8, 4) is 0 Å². The van der Waals surface area contributed by atoms with Crippen LogP contribution in [0.4, 0.5) is 0 Å². The van der Waals surface area contributed by atoms with E-state index in [0.29, 0.717) is 24.4 Å². The monoisotopic (exact) mass is 394 g/mol. The number of hydrogen-bond donors (Lipinski definition) is 1. The van der Waals surface area contributed by atoms with E-state index in [-0.39, 0.29) is 6.04 Å². The van der Waals surface area contributed by atoms with Gasteiger partial charge in [-0.15, -0.1) is 0 Å². The zero-order chi connectivity index (χ0) is 16.6. The molecule has 1 atom stereocenters. The van der Waals surface area contributed by atoms with Gasteiger partial charge in [-0.2, -0.15) is 4.31 Å². The van der Waals surface area contributed by atoms with Crippen molar-refractivity contribution in [2.24, 2.45) is 5.73 Å². The van der Waals surface area contributed by atoms with Gasteiger partial charge in [0.15, 0.2) is 0 Å². The number of rotatable bonds is 2. The molecule has 3 rings (SSSR count). The van der Waals surface area contributed by atoms with Crippen LogP contribution in [0.25, 0.3) is 0 Å². The summed E-state index contributed by atoms with van der Waals surface area (Å²) in [5, 5.41) is 0. The van der Waals surface area contributed by atoms with Gasteiger partial charge in [-0.25, -0.2) is 8.42 Å². The number of aryl methyl sites for hydroxylation is 1. The zero-order valence-corrected chi connectivity index (χ0v) is 15.3. The fourth-order valence-electron chi connectivity index (χ4n) is 2.85. The lowest BCUT2D eigenvalue weighted by Gasteiger charge is -2.20. The van der Waals surface area contributed by atoms with Gasteiger partial charge < -0.3 is 5.73 Å². The maximum absolute atomic E-state index is 12.9. The van der Waals surface area contributed by atoms with Crippen LogP contribution in [0.5, 0.6) is 0 Å². The minimum atomic E-state index is -3.52. The van der Waals surface area contributed by atoms with Gasteiger partial charge in [-0.3, -0.25) is 0 Å². The molecular formula is C17H19BrN2O2S. The van der Waals surface area contributed by atoms with Gasteiger partial charge in [-0.05, 0) is 48.7 Å². The standard InChI is InChI=1S/C17H19BrN2O2S/c1-12-2-5-15(6-3-12)23(21,22)20-9-8-17(19)16-7-4-14(18)10-13(16)11-20/h2-7,10,17H,8-9,11,19H2,1H3. The highest BCUT2D eigenvalue weighted by atomic mass is 79.9. The van der Waals surface area contributed by atoms with Crippen molar-refractivity contribution in [3.05, 3.63) is 63.6 Å². The molecule has 0 aromatic heterocycles. The topological polar surface area (TPSA) is 63.4 Å². The third-order valence-electron chi connectivity index (χ3n) is 4.20. The van der Waals surface area contributed by atoms with Crippen LogP contribution in [0, 0.1) is 6.92 Å². The van der Waals surface area contributed by atoms with Crippen molar-refractivity contribution >= 4 is 26.0 Å².